The molecule has 2 aliphatic heterocycles. The minimum absolute atomic E-state index is 0. The number of Topliss-reactive ketones (excluding diaryl/α,β-unsaturated/α-hetero) is 2. The van der Waals surface area contributed by atoms with Crippen molar-refractivity contribution >= 4 is 11.6 Å². The Morgan fingerprint density at radius 1 is 0.783 bits per heavy atom. The van der Waals surface area contributed by atoms with Gasteiger partial charge in [0.25, 0.3) is 0 Å². The summed E-state index contributed by atoms with van der Waals surface area (Å²) in [6.07, 6.45) is -7.13. The maximum absolute atomic E-state index is 10.6. The number of ketones is 2. The number of ether oxygens (including phenoxy) is 2. The first-order valence-electron chi connectivity index (χ1n) is 6.56. The highest BCUT2D eigenvalue weighted by Gasteiger charge is 2.37. The molecule has 0 saturated carbocycles. The van der Waals surface area contributed by atoms with Gasteiger partial charge in [-0.25, -0.2) is 0 Å². The lowest BCUT2D eigenvalue weighted by Crippen LogP contribution is -2.51. The predicted octanol–water partition coefficient (Wildman–Crippen LogP) is -5.49. The van der Waals surface area contributed by atoms with E-state index in [4.69, 9.17) is 40.1 Å². The Balaban J connectivity index is 0.000000403. The van der Waals surface area contributed by atoms with E-state index in [1.165, 1.54) is 0 Å². The summed E-state index contributed by atoms with van der Waals surface area (Å²) >= 11 is 0. The number of rotatable bonds is 2. The van der Waals surface area contributed by atoms with Crippen LogP contribution in [0.15, 0.2) is 0 Å². The van der Waals surface area contributed by atoms with Crippen molar-refractivity contribution in [2.75, 3.05) is 26.4 Å². The van der Waals surface area contributed by atoms with E-state index in [1.807, 2.05) is 0 Å². The lowest BCUT2D eigenvalue weighted by molar-refractivity contribution is -0.170. The fourth-order valence-corrected chi connectivity index (χ4v) is 1.86. The molecule has 0 spiro atoms. The van der Waals surface area contributed by atoms with E-state index in [0.717, 1.165) is 0 Å². The first kappa shape index (κ1) is 22.0. The Morgan fingerprint density at radius 3 is 1.35 bits per heavy atom. The highest BCUT2D eigenvalue weighted by molar-refractivity contribution is 5.85. The lowest BCUT2D eigenvalue weighted by Gasteiger charge is -2.29. The molecular formula is C12H22O11. The van der Waals surface area contributed by atoms with Crippen LogP contribution in [0, 0.1) is 0 Å². The molecule has 8 N–H and O–H groups in total. The predicted molar refractivity (Wildman–Crippen MR) is 71.3 cm³/mol. The first-order chi connectivity index (χ1) is 10.3. The summed E-state index contributed by atoms with van der Waals surface area (Å²) in [4.78, 5) is 21.3. The lowest BCUT2D eigenvalue weighted by atomic mass is 10.0. The largest absolute Gasteiger partial charge is 0.412 e. The third-order valence-corrected chi connectivity index (χ3v) is 3.31. The Labute approximate surface area is 131 Å². The van der Waals surface area contributed by atoms with Gasteiger partial charge in [-0.2, -0.15) is 0 Å². The fraction of sp³-hybridized carbons (Fsp3) is 0.833. The van der Waals surface area contributed by atoms with Crippen molar-refractivity contribution in [1.82, 2.24) is 0 Å². The Kier molecular flexibility index (Phi) is 9.53. The van der Waals surface area contributed by atoms with E-state index in [2.05, 4.69) is 0 Å². The molecule has 2 fully saturated rings. The van der Waals surface area contributed by atoms with Gasteiger partial charge in [0.15, 0.2) is 11.6 Å². The molecule has 0 radical (unpaired) electrons. The molecule has 136 valence electrons. The second-order valence-electron chi connectivity index (χ2n) is 4.87. The van der Waals surface area contributed by atoms with Crippen LogP contribution in [0.1, 0.15) is 0 Å². The van der Waals surface area contributed by atoms with Crippen LogP contribution in [0.4, 0.5) is 0 Å². The van der Waals surface area contributed by atoms with Gasteiger partial charge in [-0.15, -0.1) is 0 Å². The number of carbonyl (C=O) groups excluding carboxylic acids is 2. The van der Waals surface area contributed by atoms with Crippen molar-refractivity contribution in [2.24, 2.45) is 0 Å². The van der Waals surface area contributed by atoms with Gasteiger partial charge in [-0.1, -0.05) is 0 Å². The van der Waals surface area contributed by atoms with Crippen molar-refractivity contribution in [3.05, 3.63) is 0 Å². The van der Waals surface area contributed by atoms with Crippen LogP contribution in [-0.2, 0) is 19.1 Å². The Morgan fingerprint density at radius 2 is 1.09 bits per heavy atom. The molecule has 0 aromatic heterocycles. The zero-order valence-electron chi connectivity index (χ0n) is 12.1. The van der Waals surface area contributed by atoms with Crippen LogP contribution in [0.5, 0.6) is 0 Å². The van der Waals surface area contributed by atoms with Crippen molar-refractivity contribution < 1.29 is 55.2 Å². The molecule has 2 aliphatic rings. The van der Waals surface area contributed by atoms with E-state index < -0.39 is 61.4 Å². The Bertz CT molecular complexity index is 351. The van der Waals surface area contributed by atoms with E-state index in [1.54, 1.807) is 0 Å². The van der Waals surface area contributed by atoms with Gasteiger partial charge >= 0.3 is 0 Å². The Hall–Kier alpha value is -1.02. The highest BCUT2D eigenvalue weighted by Crippen LogP contribution is 2.12. The van der Waals surface area contributed by atoms with Gasteiger partial charge in [-0.05, 0) is 0 Å². The van der Waals surface area contributed by atoms with Crippen molar-refractivity contribution in [3.8, 4) is 0 Å². The van der Waals surface area contributed by atoms with E-state index in [9.17, 15) is 9.59 Å². The molecule has 0 unspecified atom stereocenters. The quantitative estimate of drug-likeness (QED) is 0.280. The molecule has 0 aromatic carbocycles. The average Bonchev–Trinajstić information content (AvgIpc) is 2.51. The summed E-state index contributed by atoms with van der Waals surface area (Å²) < 4.78 is 9.43. The van der Waals surface area contributed by atoms with Crippen LogP contribution >= 0.6 is 0 Å². The fourth-order valence-electron chi connectivity index (χ4n) is 1.86. The zero-order chi connectivity index (χ0) is 16.9. The van der Waals surface area contributed by atoms with Crippen LogP contribution in [-0.4, -0.2) is 111 Å². The zero-order valence-corrected chi connectivity index (χ0v) is 12.1. The van der Waals surface area contributed by atoms with Gasteiger partial charge in [0.2, 0.25) is 0 Å². The van der Waals surface area contributed by atoms with E-state index in [-0.39, 0.29) is 18.7 Å². The van der Waals surface area contributed by atoms with Crippen molar-refractivity contribution in [1.29, 1.82) is 0 Å². The summed E-state index contributed by atoms with van der Waals surface area (Å²) in [5.41, 5.74) is 0. The van der Waals surface area contributed by atoms with Crippen LogP contribution in [0.3, 0.4) is 0 Å². The number of carbonyl (C=O) groups is 2. The summed E-state index contributed by atoms with van der Waals surface area (Å²) in [6.45, 7) is -1.29. The molecule has 11 heteroatoms. The van der Waals surface area contributed by atoms with Gasteiger partial charge in [0.1, 0.15) is 49.8 Å². The number of hydrogen-bond acceptors (Lipinski definition) is 10. The second kappa shape index (κ2) is 9.97. The van der Waals surface area contributed by atoms with Crippen molar-refractivity contribution in [3.63, 3.8) is 0 Å². The van der Waals surface area contributed by atoms with Gasteiger partial charge in [0.05, 0.1) is 13.2 Å². The van der Waals surface area contributed by atoms with Crippen molar-refractivity contribution in [2.45, 2.75) is 36.6 Å². The molecule has 11 nitrogen and oxygen atoms in total. The van der Waals surface area contributed by atoms with E-state index in [0.29, 0.717) is 0 Å². The normalized spacial score (nSPS) is 37.5. The van der Waals surface area contributed by atoms with Gasteiger partial charge < -0.3 is 45.6 Å². The van der Waals surface area contributed by atoms with Gasteiger partial charge in [0, 0.05) is 0 Å². The maximum atomic E-state index is 10.6. The molecule has 6 atom stereocenters. The molecular weight excluding hydrogens is 320 g/mol. The number of aliphatic hydroxyl groups is 6. The van der Waals surface area contributed by atoms with Crippen LogP contribution < -0.4 is 0 Å². The average molecular weight is 342 g/mol. The smallest absolute Gasteiger partial charge is 0.189 e. The number of aliphatic hydroxyl groups excluding tert-OH is 6. The third-order valence-electron chi connectivity index (χ3n) is 3.31. The minimum Gasteiger partial charge on any atom is -0.412 e. The molecule has 2 heterocycles. The molecule has 0 bridgehead atoms. The van der Waals surface area contributed by atoms with Crippen LogP contribution in [0.25, 0.3) is 0 Å². The summed E-state index contributed by atoms with van der Waals surface area (Å²) in [7, 11) is 0. The van der Waals surface area contributed by atoms with E-state index >= 15 is 0 Å². The molecule has 2 saturated heterocycles. The molecule has 0 amide bonds. The topological polar surface area (TPSA) is 205 Å². The number of hydrogen-bond donors (Lipinski definition) is 6. The first-order valence-corrected chi connectivity index (χ1v) is 6.56. The molecule has 23 heavy (non-hydrogen) atoms. The standard InChI is InChI=1S/2C6H10O5.H2O/c2*7-1-4-6(10)5(9)3(8)2-11-4;/h2*4-7,9-10H,1-2H2;1H2/t2*4-,5-,6-;/m11./s1. The molecule has 0 aromatic rings. The minimum atomic E-state index is -1.42. The third kappa shape index (κ3) is 5.53. The maximum Gasteiger partial charge on any atom is 0.189 e. The highest BCUT2D eigenvalue weighted by atomic mass is 16.5. The van der Waals surface area contributed by atoms with Gasteiger partial charge in [-0.3, -0.25) is 9.59 Å². The monoisotopic (exact) mass is 342 g/mol. The van der Waals surface area contributed by atoms with Crippen LogP contribution in [0.2, 0.25) is 0 Å². The summed E-state index contributed by atoms with van der Waals surface area (Å²) in [5, 5.41) is 53.1. The second-order valence-corrected chi connectivity index (χ2v) is 4.87. The summed E-state index contributed by atoms with van der Waals surface area (Å²) in [5.74, 6) is -1.11. The SMILES string of the molecule is O.O=C1CO[C@H](CO)[C@@H](O)[C@@H]1O.O=C1CO[C@H](CO)[C@@H](O)[C@@H]1O. The summed E-state index contributed by atoms with van der Waals surface area (Å²) in [6, 6.07) is 0. The molecule has 0 aliphatic carbocycles. The molecule has 2 rings (SSSR count).